The third-order valence-electron chi connectivity index (χ3n) is 2.78. The average molecular weight is 294 g/mol. The van der Waals surface area contributed by atoms with Gasteiger partial charge in [0.25, 0.3) is 0 Å². The SMILES string of the molecule is CCCc1c(NCC)ncnc1Sc1n[nH]c(=O)n1C. The second-order valence-corrected chi connectivity index (χ2v) is 5.21. The van der Waals surface area contributed by atoms with Crippen molar-refractivity contribution in [2.24, 2.45) is 7.05 Å². The molecule has 7 nitrogen and oxygen atoms in total. The van der Waals surface area contributed by atoms with Gasteiger partial charge in [0.05, 0.1) is 0 Å². The van der Waals surface area contributed by atoms with Crippen molar-refractivity contribution in [1.29, 1.82) is 0 Å². The van der Waals surface area contributed by atoms with Gasteiger partial charge in [0.1, 0.15) is 17.2 Å². The van der Waals surface area contributed by atoms with Gasteiger partial charge in [-0.15, -0.1) is 5.10 Å². The molecule has 108 valence electrons. The van der Waals surface area contributed by atoms with Crippen LogP contribution in [0.4, 0.5) is 5.82 Å². The Morgan fingerprint density at radius 1 is 1.40 bits per heavy atom. The summed E-state index contributed by atoms with van der Waals surface area (Å²) in [6, 6.07) is 0. The van der Waals surface area contributed by atoms with Gasteiger partial charge in [-0.1, -0.05) is 13.3 Å². The van der Waals surface area contributed by atoms with Crippen LogP contribution >= 0.6 is 11.8 Å². The molecule has 0 amide bonds. The first-order chi connectivity index (χ1) is 9.67. The summed E-state index contributed by atoms with van der Waals surface area (Å²) in [5.41, 5.74) is 0.836. The fourth-order valence-corrected chi connectivity index (χ4v) is 2.70. The maximum atomic E-state index is 11.4. The summed E-state index contributed by atoms with van der Waals surface area (Å²) in [5.74, 6) is 0.854. The molecule has 0 saturated carbocycles. The molecule has 0 aliphatic heterocycles. The Morgan fingerprint density at radius 3 is 2.80 bits per heavy atom. The highest BCUT2D eigenvalue weighted by molar-refractivity contribution is 7.99. The van der Waals surface area contributed by atoms with Crippen LogP contribution in [0.2, 0.25) is 0 Å². The summed E-state index contributed by atoms with van der Waals surface area (Å²) in [5, 5.41) is 11.1. The van der Waals surface area contributed by atoms with E-state index in [2.05, 4.69) is 32.4 Å². The van der Waals surface area contributed by atoms with Gasteiger partial charge in [-0.25, -0.2) is 19.9 Å². The fourth-order valence-electron chi connectivity index (χ4n) is 1.79. The Labute approximate surface area is 121 Å². The lowest BCUT2D eigenvalue weighted by Gasteiger charge is -2.12. The van der Waals surface area contributed by atoms with E-state index in [1.165, 1.54) is 22.7 Å². The number of hydrogen-bond donors (Lipinski definition) is 2. The van der Waals surface area contributed by atoms with E-state index in [1.807, 2.05) is 6.92 Å². The highest BCUT2D eigenvalue weighted by Crippen LogP contribution is 2.30. The molecular weight excluding hydrogens is 276 g/mol. The molecule has 0 fully saturated rings. The molecule has 0 unspecified atom stereocenters. The first-order valence-electron chi connectivity index (χ1n) is 6.54. The maximum Gasteiger partial charge on any atom is 0.343 e. The number of aromatic nitrogens is 5. The largest absolute Gasteiger partial charge is 0.370 e. The van der Waals surface area contributed by atoms with Crippen LogP contribution in [0.3, 0.4) is 0 Å². The molecule has 0 radical (unpaired) electrons. The molecule has 20 heavy (non-hydrogen) atoms. The number of nitrogens with zero attached hydrogens (tertiary/aromatic N) is 4. The van der Waals surface area contributed by atoms with Crippen LogP contribution in [0.15, 0.2) is 21.3 Å². The highest BCUT2D eigenvalue weighted by Gasteiger charge is 2.14. The number of H-pyrrole nitrogens is 1. The topological polar surface area (TPSA) is 88.5 Å². The standard InChI is InChI=1S/C12H18N6OS/c1-4-6-8-9(13-5-2)14-7-15-10(8)20-12-17-16-11(19)18(12)3/h7H,4-6H2,1-3H3,(H,16,19)(H,13,14,15). The van der Waals surface area contributed by atoms with E-state index in [9.17, 15) is 4.79 Å². The van der Waals surface area contributed by atoms with Gasteiger partial charge < -0.3 is 5.32 Å². The number of nitrogens with one attached hydrogen (secondary N) is 2. The third kappa shape index (κ3) is 3.01. The molecule has 8 heteroatoms. The Bertz CT molecular complexity index is 635. The number of aromatic amines is 1. The van der Waals surface area contributed by atoms with Crippen molar-refractivity contribution in [1.82, 2.24) is 24.7 Å². The van der Waals surface area contributed by atoms with Crippen LogP contribution in [0, 0.1) is 0 Å². The molecule has 0 atom stereocenters. The summed E-state index contributed by atoms with van der Waals surface area (Å²) in [6.45, 7) is 4.95. The lowest BCUT2D eigenvalue weighted by atomic mass is 10.2. The van der Waals surface area contributed by atoms with Gasteiger partial charge in [0.15, 0.2) is 5.16 Å². The third-order valence-corrected chi connectivity index (χ3v) is 3.87. The lowest BCUT2D eigenvalue weighted by molar-refractivity contribution is 0.762. The highest BCUT2D eigenvalue weighted by atomic mass is 32.2. The van der Waals surface area contributed by atoms with Crippen molar-refractivity contribution >= 4 is 17.6 Å². The molecule has 0 spiro atoms. The van der Waals surface area contributed by atoms with Crippen molar-refractivity contribution in [2.45, 2.75) is 36.9 Å². The molecule has 2 N–H and O–H groups in total. The monoisotopic (exact) mass is 294 g/mol. The van der Waals surface area contributed by atoms with Crippen molar-refractivity contribution < 1.29 is 0 Å². The molecule has 0 aromatic carbocycles. The molecule has 0 bridgehead atoms. The summed E-state index contributed by atoms with van der Waals surface area (Å²) >= 11 is 1.37. The zero-order chi connectivity index (χ0) is 14.5. The number of hydrogen-bond acceptors (Lipinski definition) is 6. The minimum absolute atomic E-state index is 0.231. The summed E-state index contributed by atoms with van der Waals surface area (Å²) in [7, 11) is 1.68. The Hall–Kier alpha value is -1.83. The Balaban J connectivity index is 2.37. The Morgan fingerprint density at radius 2 is 2.20 bits per heavy atom. The predicted octanol–water partition coefficient (Wildman–Crippen LogP) is 1.43. The molecule has 0 saturated heterocycles. The van der Waals surface area contributed by atoms with Crippen LogP contribution in [0.1, 0.15) is 25.8 Å². The van der Waals surface area contributed by atoms with Gasteiger partial charge in [0, 0.05) is 19.2 Å². The van der Waals surface area contributed by atoms with Crippen LogP contribution in [0.25, 0.3) is 0 Å². The predicted molar refractivity (Wildman–Crippen MR) is 78.1 cm³/mol. The van der Waals surface area contributed by atoms with Gasteiger partial charge in [-0.3, -0.25) is 4.57 Å². The summed E-state index contributed by atoms with van der Waals surface area (Å²) < 4.78 is 1.47. The summed E-state index contributed by atoms with van der Waals surface area (Å²) in [4.78, 5) is 20.0. The van der Waals surface area contributed by atoms with Gasteiger partial charge >= 0.3 is 5.69 Å². The van der Waals surface area contributed by atoms with Crippen LogP contribution in [-0.2, 0) is 13.5 Å². The summed E-state index contributed by atoms with van der Waals surface area (Å²) in [6.07, 6.45) is 3.41. The molecule has 2 aromatic heterocycles. The molecule has 0 aliphatic rings. The molecular formula is C12H18N6OS. The zero-order valence-corrected chi connectivity index (χ0v) is 12.6. The van der Waals surface area contributed by atoms with E-state index in [0.29, 0.717) is 5.16 Å². The van der Waals surface area contributed by atoms with E-state index in [-0.39, 0.29) is 5.69 Å². The van der Waals surface area contributed by atoms with Gasteiger partial charge in [0.2, 0.25) is 0 Å². The Kier molecular flexibility index (Phi) is 4.78. The normalized spacial score (nSPS) is 10.8. The minimum Gasteiger partial charge on any atom is -0.370 e. The van der Waals surface area contributed by atoms with E-state index >= 15 is 0 Å². The van der Waals surface area contributed by atoms with Crippen molar-refractivity contribution in [3.05, 3.63) is 22.4 Å². The van der Waals surface area contributed by atoms with Gasteiger partial charge in [-0.05, 0) is 25.1 Å². The first kappa shape index (κ1) is 14.6. The molecule has 0 aliphatic carbocycles. The van der Waals surface area contributed by atoms with Gasteiger partial charge in [-0.2, -0.15) is 0 Å². The minimum atomic E-state index is -0.231. The zero-order valence-electron chi connectivity index (χ0n) is 11.8. The second kappa shape index (κ2) is 6.56. The first-order valence-corrected chi connectivity index (χ1v) is 7.36. The average Bonchev–Trinajstić information content (AvgIpc) is 2.75. The molecule has 2 rings (SSSR count). The van der Waals surface area contributed by atoms with Crippen molar-refractivity contribution in [3.8, 4) is 0 Å². The number of rotatable bonds is 6. The molecule has 2 heterocycles. The molecule has 2 aromatic rings. The van der Waals surface area contributed by atoms with E-state index < -0.39 is 0 Å². The van der Waals surface area contributed by atoms with Crippen molar-refractivity contribution in [2.75, 3.05) is 11.9 Å². The van der Waals surface area contributed by atoms with E-state index in [4.69, 9.17) is 0 Å². The van der Waals surface area contributed by atoms with Crippen LogP contribution in [-0.4, -0.2) is 31.3 Å². The quantitative estimate of drug-likeness (QED) is 0.784. The number of anilines is 1. The van der Waals surface area contributed by atoms with Crippen molar-refractivity contribution in [3.63, 3.8) is 0 Å². The van der Waals surface area contributed by atoms with Crippen LogP contribution < -0.4 is 11.0 Å². The van der Waals surface area contributed by atoms with E-state index in [0.717, 1.165) is 35.8 Å². The fraction of sp³-hybridized carbons (Fsp3) is 0.500. The van der Waals surface area contributed by atoms with E-state index in [1.54, 1.807) is 7.05 Å². The maximum absolute atomic E-state index is 11.4. The second-order valence-electron chi connectivity index (χ2n) is 4.26. The smallest absolute Gasteiger partial charge is 0.343 e. The van der Waals surface area contributed by atoms with Crippen LogP contribution in [0.5, 0.6) is 0 Å². The lowest BCUT2D eigenvalue weighted by Crippen LogP contribution is -2.13.